The van der Waals surface area contributed by atoms with Crippen molar-refractivity contribution in [2.45, 2.75) is 19.5 Å². The van der Waals surface area contributed by atoms with Crippen molar-refractivity contribution in [1.29, 1.82) is 0 Å². The molecular formula is C9H9F3IN. The van der Waals surface area contributed by atoms with E-state index < -0.39 is 11.7 Å². The third kappa shape index (κ3) is 2.31. The summed E-state index contributed by atoms with van der Waals surface area (Å²) in [6, 6.07) is 2.74. The molecular weight excluding hydrogens is 306 g/mol. The molecule has 2 N–H and O–H groups in total. The molecule has 0 amide bonds. The van der Waals surface area contributed by atoms with Crippen LogP contribution in [0, 0.1) is 3.57 Å². The molecule has 0 bridgehead atoms. The van der Waals surface area contributed by atoms with E-state index in [9.17, 15) is 13.2 Å². The Morgan fingerprint density at radius 1 is 1.36 bits per heavy atom. The van der Waals surface area contributed by atoms with Crippen LogP contribution in [-0.4, -0.2) is 0 Å². The van der Waals surface area contributed by atoms with Gasteiger partial charge in [-0.3, -0.25) is 0 Å². The molecule has 0 saturated carbocycles. The van der Waals surface area contributed by atoms with Gasteiger partial charge in [-0.1, -0.05) is 6.92 Å². The molecule has 0 aliphatic rings. The largest absolute Gasteiger partial charge is 0.418 e. The predicted molar refractivity (Wildman–Crippen MR) is 58.0 cm³/mol. The Kier molecular flexibility index (Phi) is 3.28. The number of hydrogen-bond acceptors (Lipinski definition) is 1. The van der Waals surface area contributed by atoms with Crippen molar-refractivity contribution in [1.82, 2.24) is 0 Å². The van der Waals surface area contributed by atoms with Crippen molar-refractivity contribution in [3.8, 4) is 0 Å². The van der Waals surface area contributed by atoms with Gasteiger partial charge in [0, 0.05) is 9.26 Å². The van der Waals surface area contributed by atoms with Gasteiger partial charge in [0.2, 0.25) is 0 Å². The molecule has 0 saturated heterocycles. The van der Waals surface area contributed by atoms with E-state index in [1.807, 2.05) is 22.6 Å². The summed E-state index contributed by atoms with van der Waals surface area (Å²) >= 11 is 1.86. The van der Waals surface area contributed by atoms with Crippen molar-refractivity contribution in [2.75, 3.05) is 5.73 Å². The Hall–Kier alpha value is -0.460. The zero-order chi connectivity index (χ0) is 10.9. The molecule has 1 rings (SSSR count). The second-order valence-corrected chi connectivity index (χ2v) is 4.12. The summed E-state index contributed by atoms with van der Waals surface area (Å²) in [6.07, 6.45) is -3.86. The number of halogens is 4. The van der Waals surface area contributed by atoms with Crippen LogP contribution in [0.5, 0.6) is 0 Å². The van der Waals surface area contributed by atoms with Crippen LogP contribution in [-0.2, 0) is 12.6 Å². The number of alkyl halides is 3. The molecule has 0 fully saturated rings. The van der Waals surface area contributed by atoms with Gasteiger partial charge in [0.1, 0.15) is 0 Å². The lowest BCUT2D eigenvalue weighted by Crippen LogP contribution is -2.11. The standard InChI is InChI=1S/C9H9F3IN/c1-2-5-3-6(13)4-7(8(5)14)9(10,11)12/h3-4H,2,14H2,1H3. The monoisotopic (exact) mass is 315 g/mol. The molecule has 1 aromatic rings. The van der Waals surface area contributed by atoms with Crippen LogP contribution in [0.3, 0.4) is 0 Å². The molecule has 1 aromatic carbocycles. The molecule has 0 radical (unpaired) electrons. The van der Waals surface area contributed by atoms with Crippen LogP contribution < -0.4 is 5.73 Å². The zero-order valence-electron chi connectivity index (χ0n) is 7.45. The Labute approximate surface area is 93.6 Å². The minimum Gasteiger partial charge on any atom is -0.398 e. The highest BCUT2D eigenvalue weighted by molar-refractivity contribution is 14.1. The average molecular weight is 315 g/mol. The first-order valence-electron chi connectivity index (χ1n) is 4.01. The second-order valence-electron chi connectivity index (χ2n) is 2.88. The lowest BCUT2D eigenvalue weighted by molar-refractivity contribution is -0.137. The van der Waals surface area contributed by atoms with Crippen LogP contribution in [0.1, 0.15) is 18.1 Å². The third-order valence-electron chi connectivity index (χ3n) is 1.92. The maximum atomic E-state index is 12.5. The summed E-state index contributed by atoms with van der Waals surface area (Å²) in [7, 11) is 0. The summed E-state index contributed by atoms with van der Waals surface area (Å²) in [5.74, 6) is 0. The van der Waals surface area contributed by atoms with E-state index in [1.54, 1.807) is 13.0 Å². The van der Waals surface area contributed by atoms with Gasteiger partial charge in [-0.05, 0) is 46.7 Å². The summed E-state index contributed by atoms with van der Waals surface area (Å²) in [4.78, 5) is 0. The summed E-state index contributed by atoms with van der Waals surface area (Å²) in [6.45, 7) is 1.78. The van der Waals surface area contributed by atoms with E-state index in [-0.39, 0.29) is 5.69 Å². The molecule has 0 unspecified atom stereocenters. The zero-order valence-corrected chi connectivity index (χ0v) is 9.61. The predicted octanol–water partition coefficient (Wildman–Crippen LogP) is 3.45. The summed E-state index contributed by atoms with van der Waals surface area (Å²) < 4.78 is 37.9. The molecule has 14 heavy (non-hydrogen) atoms. The van der Waals surface area contributed by atoms with E-state index in [2.05, 4.69) is 0 Å². The fourth-order valence-corrected chi connectivity index (χ4v) is 1.89. The highest BCUT2D eigenvalue weighted by atomic mass is 127. The number of nitrogens with two attached hydrogens (primary N) is 1. The third-order valence-corrected chi connectivity index (χ3v) is 2.54. The number of aryl methyl sites for hydroxylation is 1. The lowest BCUT2D eigenvalue weighted by Gasteiger charge is -2.13. The first-order valence-corrected chi connectivity index (χ1v) is 5.09. The van der Waals surface area contributed by atoms with Crippen molar-refractivity contribution in [3.05, 3.63) is 26.8 Å². The smallest absolute Gasteiger partial charge is 0.398 e. The minimum atomic E-state index is -4.37. The Balaban J connectivity index is 3.37. The van der Waals surface area contributed by atoms with E-state index in [0.717, 1.165) is 6.07 Å². The number of benzene rings is 1. The fraction of sp³-hybridized carbons (Fsp3) is 0.333. The molecule has 0 aliphatic heterocycles. The van der Waals surface area contributed by atoms with E-state index in [4.69, 9.17) is 5.73 Å². The molecule has 5 heteroatoms. The first kappa shape index (κ1) is 11.6. The van der Waals surface area contributed by atoms with Gasteiger partial charge in [-0.2, -0.15) is 13.2 Å². The van der Waals surface area contributed by atoms with Crippen LogP contribution in [0.25, 0.3) is 0 Å². The second kappa shape index (κ2) is 3.96. The lowest BCUT2D eigenvalue weighted by atomic mass is 10.1. The maximum absolute atomic E-state index is 12.5. The molecule has 0 spiro atoms. The van der Waals surface area contributed by atoms with E-state index >= 15 is 0 Å². The number of nitrogen functional groups attached to an aromatic ring is 1. The number of hydrogen-bond donors (Lipinski definition) is 1. The molecule has 0 aliphatic carbocycles. The van der Waals surface area contributed by atoms with Gasteiger partial charge in [-0.15, -0.1) is 0 Å². The van der Waals surface area contributed by atoms with E-state index in [1.165, 1.54) is 0 Å². The van der Waals surface area contributed by atoms with E-state index in [0.29, 0.717) is 15.6 Å². The van der Waals surface area contributed by atoms with Gasteiger partial charge in [0.05, 0.1) is 5.56 Å². The van der Waals surface area contributed by atoms with Crippen LogP contribution >= 0.6 is 22.6 Å². The molecule has 0 aromatic heterocycles. The van der Waals surface area contributed by atoms with Crippen molar-refractivity contribution in [2.24, 2.45) is 0 Å². The van der Waals surface area contributed by atoms with Gasteiger partial charge in [0.25, 0.3) is 0 Å². The van der Waals surface area contributed by atoms with Gasteiger partial charge < -0.3 is 5.73 Å². The minimum absolute atomic E-state index is 0.152. The van der Waals surface area contributed by atoms with Crippen LogP contribution in [0.2, 0.25) is 0 Å². The molecule has 0 heterocycles. The molecule has 78 valence electrons. The van der Waals surface area contributed by atoms with Crippen LogP contribution in [0.4, 0.5) is 18.9 Å². The van der Waals surface area contributed by atoms with Crippen molar-refractivity contribution < 1.29 is 13.2 Å². The Morgan fingerprint density at radius 2 is 1.93 bits per heavy atom. The Morgan fingerprint density at radius 3 is 2.36 bits per heavy atom. The van der Waals surface area contributed by atoms with Crippen molar-refractivity contribution >= 4 is 28.3 Å². The molecule has 1 nitrogen and oxygen atoms in total. The van der Waals surface area contributed by atoms with Crippen LogP contribution in [0.15, 0.2) is 12.1 Å². The number of rotatable bonds is 1. The van der Waals surface area contributed by atoms with Crippen molar-refractivity contribution in [3.63, 3.8) is 0 Å². The number of anilines is 1. The summed E-state index contributed by atoms with van der Waals surface area (Å²) in [5, 5.41) is 0. The fourth-order valence-electron chi connectivity index (χ4n) is 1.20. The van der Waals surface area contributed by atoms with Gasteiger partial charge >= 0.3 is 6.18 Å². The molecule has 0 atom stereocenters. The highest BCUT2D eigenvalue weighted by Crippen LogP contribution is 2.36. The summed E-state index contributed by atoms with van der Waals surface area (Å²) in [5.41, 5.74) is 5.08. The van der Waals surface area contributed by atoms with Gasteiger partial charge in [0.15, 0.2) is 0 Å². The quantitative estimate of drug-likeness (QED) is 0.623. The normalized spacial score (nSPS) is 11.8. The first-order chi connectivity index (χ1) is 6.36. The average Bonchev–Trinajstić information content (AvgIpc) is 2.06. The Bertz CT molecular complexity index is 347. The SMILES string of the molecule is CCc1cc(I)cc(C(F)(F)F)c1N. The topological polar surface area (TPSA) is 26.0 Å². The van der Waals surface area contributed by atoms with Gasteiger partial charge in [-0.25, -0.2) is 0 Å². The highest BCUT2D eigenvalue weighted by Gasteiger charge is 2.33. The maximum Gasteiger partial charge on any atom is 0.418 e.